The van der Waals surface area contributed by atoms with Crippen LogP contribution in [-0.2, 0) is 20.9 Å². The molecule has 4 nitrogen and oxygen atoms in total. The van der Waals surface area contributed by atoms with Gasteiger partial charge in [0.25, 0.3) is 0 Å². The first-order chi connectivity index (χ1) is 11.1. The van der Waals surface area contributed by atoms with Crippen molar-refractivity contribution in [3.63, 3.8) is 0 Å². The molecule has 2 aromatic rings. The van der Waals surface area contributed by atoms with Gasteiger partial charge in [-0.3, -0.25) is 0 Å². The molecule has 6 heteroatoms. The number of rotatable bonds is 7. The van der Waals surface area contributed by atoms with E-state index in [1.54, 1.807) is 0 Å². The number of esters is 1. The largest absolute Gasteiger partial charge is 0.476 e. The molecule has 0 heterocycles. The van der Waals surface area contributed by atoms with Crippen LogP contribution >= 0.6 is 11.6 Å². The summed E-state index contributed by atoms with van der Waals surface area (Å²) >= 11 is 5.61. The van der Waals surface area contributed by atoms with Crippen LogP contribution in [-0.4, -0.2) is 25.8 Å². The minimum absolute atomic E-state index is 0.0210. The first-order valence-corrected chi connectivity index (χ1v) is 7.29. The molecule has 0 aromatic heterocycles. The van der Waals surface area contributed by atoms with Crippen LogP contribution in [0, 0.1) is 5.82 Å². The number of hydrogen-bond acceptors (Lipinski definition) is 4. The molecule has 0 amide bonds. The van der Waals surface area contributed by atoms with Crippen molar-refractivity contribution >= 4 is 17.6 Å². The lowest BCUT2D eigenvalue weighted by Crippen LogP contribution is -2.33. The second kappa shape index (κ2) is 8.50. The minimum Gasteiger partial charge on any atom is -0.476 e. The molecule has 0 bridgehead atoms. The number of ether oxygens (including phenoxy) is 3. The van der Waals surface area contributed by atoms with E-state index in [4.69, 9.17) is 21.1 Å². The number of hydrogen-bond donors (Lipinski definition) is 0. The predicted molar refractivity (Wildman–Crippen MR) is 83.9 cm³/mol. The summed E-state index contributed by atoms with van der Waals surface area (Å²) in [7, 11) is 1.25. The van der Waals surface area contributed by atoms with Gasteiger partial charge in [-0.2, -0.15) is 0 Å². The van der Waals surface area contributed by atoms with Crippen molar-refractivity contribution in [2.45, 2.75) is 12.7 Å². The fourth-order valence-corrected chi connectivity index (χ4v) is 1.97. The second-order valence-corrected chi connectivity index (χ2v) is 5.11. The quantitative estimate of drug-likeness (QED) is 0.723. The molecule has 0 saturated heterocycles. The molecule has 0 aliphatic rings. The lowest BCUT2D eigenvalue weighted by atomic mass is 10.2. The van der Waals surface area contributed by atoms with Crippen molar-refractivity contribution in [1.29, 1.82) is 0 Å². The van der Waals surface area contributed by atoms with E-state index in [1.165, 1.54) is 19.2 Å². The van der Waals surface area contributed by atoms with E-state index < -0.39 is 17.9 Å². The maximum absolute atomic E-state index is 13.4. The second-order valence-electron chi connectivity index (χ2n) is 4.71. The van der Waals surface area contributed by atoms with Crippen LogP contribution in [0.5, 0.6) is 5.75 Å². The molecule has 2 aromatic carbocycles. The van der Waals surface area contributed by atoms with E-state index in [9.17, 15) is 9.18 Å². The molecule has 0 spiro atoms. The lowest BCUT2D eigenvalue weighted by Gasteiger charge is -2.17. The summed E-state index contributed by atoms with van der Waals surface area (Å²) in [6, 6.07) is 13.4. The third-order valence-corrected chi connectivity index (χ3v) is 3.32. The smallest absolute Gasteiger partial charge is 0.349 e. The fraction of sp³-hybridized carbons (Fsp3) is 0.235. The normalized spacial score (nSPS) is 11.8. The summed E-state index contributed by atoms with van der Waals surface area (Å²) in [6.45, 7) is 0.304. The van der Waals surface area contributed by atoms with Gasteiger partial charge < -0.3 is 14.2 Å². The van der Waals surface area contributed by atoms with Crippen LogP contribution in [0.25, 0.3) is 0 Å². The van der Waals surface area contributed by atoms with E-state index in [0.717, 1.165) is 11.6 Å². The Morgan fingerprint density at radius 1 is 1.22 bits per heavy atom. The highest BCUT2D eigenvalue weighted by molar-refractivity contribution is 6.30. The number of carbonyl (C=O) groups is 1. The van der Waals surface area contributed by atoms with Gasteiger partial charge in [0.2, 0.25) is 6.10 Å². The van der Waals surface area contributed by atoms with Gasteiger partial charge in [0.05, 0.1) is 25.3 Å². The summed E-state index contributed by atoms with van der Waals surface area (Å²) in [5.74, 6) is -1.06. The summed E-state index contributed by atoms with van der Waals surface area (Å²) in [5, 5.41) is -0.0210. The average Bonchev–Trinajstić information content (AvgIpc) is 2.57. The summed E-state index contributed by atoms with van der Waals surface area (Å²) < 4.78 is 29.0. The van der Waals surface area contributed by atoms with Gasteiger partial charge in [0.15, 0.2) is 0 Å². The van der Waals surface area contributed by atoms with Crippen molar-refractivity contribution in [1.82, 2.24) is 0 Å². The Labute approximate surface area is 138 Å². The molecule has 1 atom stereocenters. The van der Waals surface area contributed by atoms with Gasteiger partial charge >= 0.3 is 5.97 Å². The summed E-state index contributed by atoms with van der Waals surface area (Å²) in [5.41, 5.74) is 0.966. The third kappa shape index (κ3) is 5.23. The van der Waals surface area contributed by atoms with Gasteiger partial charge in [-0.1, -0.05) is 41.9 Å². The zero-order valence-electron chi connectivity index (χ0n) is 12.5. The molecule has 0 radical (unpaired) electrons. The molecule has 1 unspecified atom stereocenters. The maximum atomic E-state index is 13.4. The first-order valence-electron chi connectivity index (χ1n) is 6.91. The molecule has 23 heavy (non-hydrogen) atoms. The van der Waals surface area contributed by atoms with Crippen LogP contribution < -0.4 is 4.74 Å². The highest BCUT2D eigenvalue weighted by atomic mass is 35.5. The number of carbonyl (C=O) groups excluding carboxylic acids is 1. The van der Waals surface area contributed by atoms with Gasteiger partial charge in [0, 0.05) is 6.07 Å². The van der Waals surface area contributed by atoms with Crippen LogP contribution in [0.3, 0.4) is 0 Å². The third-order valence-electron chi connectivity index (χ3n) is 3.01. The van der Waals surface area contributed by atoms with Crippen molar-refractivity contribution in [2.24, 2.45) is 0 Å². The topological polar surface area (TPSA) is 44.8 Å². The molecule has 122 valence electrons. The Bertz CT molecular complexity index is 648. The lowest BCUT2D eigenvalue weighted by molar-refractivity contribution is -0.152. The molecule has 0 aliphatic carbocycles. The molecule has 0 N–H and O–H groups in total. The Balaban J connectivity index is 1.96. The molecule has 2 rings (SSSR count). The van der Waals surface area contributed by atoms with Gasteiger partial charge in [-0.05, 0) is 17.7 Å². The zero-order chi connectivity index (χ0) is 16.7. The van der Waals surface area contributed by atoms with E-state index in [0.29, 0.717) is 6.61 Å². The molecule has 0 aliphatic heterocycles. The molecule has 0 fully saturated rings. The number of halogens is 2. The van der Waals surface area contributed by atoms with Crippen LogP contribution in [0.4, 0.5) is 4.39 Å². The van der Waals surface area contributed by atoms with Crippen LogP contribution in [0.15, 0.2) is 48.5 Å². The Morgan fingerprint density at radius 3 is 2.61 bits per heavy atom. The van der Waals surface area contributed by atoms with Gasteiger partial charge in [-0.25, -0.2) is 9.18 Å². The van der Waals surface area contributed by atoms with E-state index in [-0.39, 0.29) is 17.4 Å². The summed E-state index contributed by atoms with van der Waals surface area (Å²) in [4.78, 5) is 11.8. The predicted octanol–water partition coefficient (Wildman–Crippen LogP) is 3.62. The van der Waals surface area contributed by atoms with E-state index in [2.05, 4.69) is 4.74 Å². The highest BCUT2D eigenvalue weighted by Crippen LogP contribution is 2.21. The fourth-order valence-electron chi connectivity index (χ4n) is 1.85. The molecular weight excluding hydrogens is 323 g/mol. The number of methoxy groups -OCH3 is 1. The van der Waals surface area contributed by atoms with Crippen LogP contribution in [0.1, 0.15) is 5.56 Å². The maximum Gasteiger partial charge on any atom is 0.349 e. The van der Waals surface area contributed by atoms with Crippen molar-refractivity contribution < 1.29 is 23.4 Å². The average molecular weight is 339 g/mol. The van der Waals surface area contributed by atoms with E-state index >= 15 is 0 Å². The van der Waals surface area contributed by atoms with Crippen LogP contribution in [0.2, 0.25) is 5.02 Å². The Hall–Kier alpha value is -2.11. The van der Waals surface area contributed by atoms with Gasteiger partial charge in [-0.15, -0.1) is 0 Å². The Morgan fingerprint density at radius 2 is 1.96 bits per heavy atom. The van der Waals surface area contributed by atoms with Crippen molar-refractivity contribution in [2.75, 3.05) is 13.7 Å². The monoisotopic (exact) mass is 338 g/mol. The van der Waals surface area contributed by atoms with E-state index in [1.807, 2.05) is 30.3 Å². The molecule has 0 saturated carbocycles. The number of benzene rings is 2. The minimum atomic E-state index is -0.996. The first kappa shape index (κ1) is 17.2. The zero-order valence-corrected chi connectivity index (χ0v) is 13.3. The van der Waals surface area contributed by atoms with Crippen molar-refractivity contribution in [3.8, 4) is 5.75 Å². The highest BCUT2D eigenvalue weighted by Gasteiger charge is 2.22. The standard InChI is InChI=1S/C17H16ClFO4/c1-21-17(20)16(11-22-10-12-5-3-2-4-6-12)23-13-7-8-14(18)15(19)9-13/h2-9,16H,10-11H2,1H3. The summed E-state index contributed by atoms with van der Waals surface area (Å²) in [6.07, 6.45) is -0.996. The SMILES string of the molecule is COC(=O)C(COCc1ccccc1)Oc1ccc(Cl)c(F)c1. The molecular formula is C17H16ClFO4. The van der Waals surface area contributed by atoms with Crippen molar-refractivity contribution in [3.05, 3.63) is 64.9 Å². The van der Waals surface area contributed by atoms with Gasteiger partial charge in [0.1, 0.15) is 11.6 Å². The Kier molecular flexibility index (Phi) is 6.38.